The van der Waals surface area contributed by atoms with E-state index in [0.29, 0.717) is 17.3 Å². The van der Waals surface area contributed by atoms with E-state index < -0.39 is 0 Å². The van der Waals surface area contributed by atoms with Crippen LogP contribution in [0.15, 0.2) is 54.9 Å². The van der Waals surface area contributed by atoms with Crippen LogP contribution < -0.4 is 20.1 Å². The number of methoxy groups -OCH3 is 2. The third kappa shape index (κ3) is 5.82. The van der Waals surface area contributed by atoms with Gasteiger partial charge in [0.05, 0.1) is 14.2 Å². The summed E-state index contributed by atoms with van der Waals surface area (Å²) in [6, 6.07) is 13.1. The summed E-state index contributed by atoms with van der Waals surface area (Å²) in [5.41, 5.74) is 4.26. The highest BCUT2D eigenvalue weighted by Gasteiger charge is 2.08. The molecular weight excluding hydrogens is 392 g/mol. The quantitative estimate of drug-likeness (QED) is 0.513. The lowest BCUT2D eigenvalue weighted by Gasteiger charge is -2.12. The maximum atomic E-state index is 12.6. The lowest BCUT2D eigenvalue weighted by molar-refractivity contribution is -0.111. The largest absolute Gasteiger partial charge is 0.497 e. The second-order valence-electron chi connectivity index (χ2n) is 6.83. The van der Waals surface area contributed by atoms with Gasteiger partial charge in [-0.2, -0.15) is 0 Å². The number of carbonyl (C=O) groups excluding carboxylic acids is 1. The Balaban J connectivity index is 1.76. The van der Waals surface area contributed by atoms with Crippen molar-refractivity contribution in [2.75, 3.05) is 24.9 Å². The fourth-order valence-electron chi connectivity index (χ4n) is 3.05. The van der Waals surface area contributed by atoms with Crippen molar-refractivity contribution in [3.05, 3.63) is 71.7 Å². The molecule has 0 aliphatic carbocycles. The highest BCUT2D eigenvalue weighted by Crippen LogP contribution is 2.26. The molecule has 160 valence electrons. The van der Waals surface area contributed by atoms with Crippen molar-refractivity contribution in [3.8, 4) is 11.5 Å². The molecule has 0 spiro atoms. The number of rotatable bonds is 8. The summed E-state index contributed by atoms with van der Waals surface area (Å²) in [6.07, 6.45) is 5.50. The summed E-state index contributed by atoms with van der Waals surface area (Å²) in [4.78, 5) is 20.9. The standard InChI is InChI=1S/C24H26N4O3/c1-5-17-6-9-19(27-23-12-16(2)25-15-26-23)13-21(17)28-24(29)11-8-18-7-10-20(30-3)14-22(18)31-4/h6-15H,5H2,1-4H3,(H,28,29)(H,25,26,27)/b11-8+. The highest BCUT2D eigenvalue weighted by atomic mass is 16.5. The molecule has 31 heavy (non-hydrogen) atoms. The number of aryl methyl sites for hydroxylation is 2. The second kappa shape index (κ2) is 10.2. The molecular formula is C24H26N4O3. The van der Waals surface area contributed by atoms with Crippen LogP contribution in [0.3, 0.4) is 0 Å². The van der Waals surface area contributed by atoms with Crippen molar-refractivity contribution < 1.29 is 14.3 Å². The number of ether oxygens (including phenoxy) is 2. The number of benzene rings is 2. The molecule has 2 aromatic carbocycles. The van der Waals surface area contributed by atoms with Gasteiger partial charge in [-0.15, -0.1) is 0 Å². The van der Waals surface area contributed by atoms with Crippen molar-refractivity contribution in [1.82, 2.24) is 9.97 Å². The van der Waals surface area contributed by atoms with Crippen molar-refractivity contribution in [3.63, 3.8) is 0 Å². The molecule has 1 aromatic heterocycles. The van der Waals surface area contributed by atoms with Crippen LogP contribution in [0.5, 0.6) is 11.5 Å². The van der Waals surface area contributed by atoms with Gasteiger partial charge in [0.2, 0.25) is 5.91 Å². The Morgan fingerprint density at radius 1 is 1.06 bits per heavy atom. The molecule has 7 nitrogen and oxygen atoms in total. The maximum absolute atomic E-state index is 12.6. The third-order valence-corrected chi connectivity index (χ3v) is 4.68. The Bertz CT molecular complexity index is 1100. The summed E-state index contributed by atoms with van der Waals surface area (Å²) in [5, 5.41) is 6.21. The fourth-order valence-corrected chi connectivity index (χ4v) is 3.05. The molecule has 0 fully saturated rings. The Hall–Kier alpha value is -3.87. The predicted molar refractivity (Wildman–Crippen MR) is 123 cm³/mol. The molecule has 0 aliphatic heterocycles. The zero-order valence-electron chi connectivity index (χ0n) is 18.1. The van der Waals surface area contributed by atoms with Crippen LogP contribution in [0.4, 0.5) is 17.2 Å². The minimum atomic E-state index is -0.234. The summed E-state index contributed by atoms with van der Waals surface area (Å²) in [5.74, 6) is 1.78. The summed E-state index contributed by atoms with van der Waals surface area (Å²) in [6.45, 7) is 3.95. The van der Waals surface area contributed by atoms with Crippen molar-refractivity contribution in [1.29, 1.82) is 0 Å². The highest BCUT2D eigenvalue weighted by molar-refractivity contribution is 6.02. The minimum absolute atomic E-state index is 0.234. The summed E-state index contributed by atoms with van der Waals surface area (Å²) >= 11 is 0. The smallest absolute Gasteiger partial charge is 0.248 e. The molecule has 2 N–H and O–H groups in total. The van der Waals surface area contributed by atoms with Crippen molar-refractivity contribution in [2.24, 2.45) is 0 Å². The first kappa shape index (κ1) is 21.8. The number of amides is 1. The van der Waals surface area contributed by atoms with E-state index >= 15 is 0 Å². The Kier molecular flexibility index (Phi) is 7.22. The topological polar surface area (TPSA) is 85.4 Å². The van der Waals surface area contributed by atoms with Crippen LogP contribution >= 0.6 is 0 Å². The van der Waals surface area contributed by atoms with Gasteiger partial charge in [-0.1, -0.05) is 13.0 Å². The Morgan fingerprint density at radius 3 is 2.61 bits per heavy atom. The van der Waals surface area contributed by atoms with Crippen LogP contribution in [0, 0.1) is 6.92 Å². The average molecular weight is 418 g/mol. The molecule has 0 aliphatic rings. The van der Waals surface area contributed by atoms with Crippen LogP contribution in [0.2, 0.25) is 0 Å². The molecule has 1 amide bonds. The monoisotopic (exact) mass is 418 g/mol. The van der Waals surface area contributed by atoms with E-state index in [4.69, 9.17) is 9.47 Å². The van der Waals surface area contributed by atoms with Gasteiger partial charge >= 0.3 is 0 Å². The van der Waals surface area contributed by atoms with E-state index in [9.17, 15) is 4.79 Å². The molecule has 0 saturated carbocycles. The van der Waals surface area contributed by atoms with Gasteiger partial charge in [0, 0.05) is 40.8 Å². The molecule has 0 saturated heterocycles. The number of carbonyl (C=O) groups is 1. The van der Waals surface area contributed by atoms with Gasteiger partial charge in [-0.3, -0.25) is 4.79 Å². The van der Waals surface area contributed by atoms with Crippen molar-refractivity contribution in [2.45, 2.75) is 20.3 Å². The number of nitrogens with one attached hydrogen (secondary N) is 2. The fraction of sp³-hybridized carbons (Fsp3) is 0.208. The number of anilines is 3. The second-order valence-corrected chi connectivity index (χ2v) is 6.83. The zero-order valence-corrected chi connectivity index (χ0v) is 18.1. The van der Waals surface area contributed by atoms with Gasteiger partial charge in [0.1, 0.15) is 23.6 Å². The molecule has 0 atom stereocenters. The maximum Gasteiger partial charge on any atom is 0.248 e. The van der Waals surface area contributed by atoms with Crippen LogP contribution in [-0.2, 0) is 11.2 Å². The molecule has 0 radical (unpaired) electrons. The number of aromatic nitrogens is 2. The molecule has 1 heterocycles. The lowest BCUT2D eigenvalue weighted by Crippen LogP contribution is -2.10. The van der Waals surface area contributed by atoms with Gasteiger partial charge in [-0.05, 0) is 49.2 Å². The molecule has 0 bridgehead atoms. The predicted octanol–water partition coefficient (Wildman–Crippen LogP) is 4.76. The van der Waals surface area contributed by atoms with Crippen molar-refractivity contribution >= 4 is 29.2 Å². The van der Waals surface area contributed by atoms with Crippen LogP contribution in [-0.4, -0.2) is 30.1 Å². The number of hydrogen-bond donors (Lipinski definition) is 2. The van der Waals surface area contributed by atoms with Gasteiger partial charge in [0.25, 0.3) is 0 Å². The Labute approximate surface area is 182 Å². The minimum Gasteiger partial charge on any atom is -0.497 e. The SMILES string of the molecule is CCc1ccc(Nc2cc(C)ncn2)cc1NC(=O)/C=C/c1ccc(OC)cc1OC. The van der Waals surface area contributed by atoms with E-state index in [1.54, 1.807) is 26.4 Å². The van der Waals surface area contributed by atoms with Gasteiger partial charge in [-0.25, -0.2) is 9.97 Å². The normalized spacial score (nSPS) is 10.7. The van der Waals surface area contributed by atoms with Gasteiger partial charge < -0.3 is 20.1 Å². The lowest BCUT2D eigenvalue weighted by atomic mass is 10.1. The first-order chi connectivity index (χ1) is 15.0. The first-order valence-electron chi connectivity index (χ1n) is 9.92. The molecule has 0 unspecified atom stereocenters. The average Bonchev–Trinajstić information content (AvgIpc) is 2.78. The van der Waals surface area contributed by atoms with E-state index in [1.807, 2.05) is 50.2 Å². The molecule has 7 heteroatoms. The van der Waals surface area contributed by atoms with E-state index in [-0.39, 0.29) is 5.91 Å². The summed E-state index contributed by atoms with van der Waals surface area (Å²) in [7, 11) is 3.18. The van der Waals surface area contributed by atoms with Crippen LogP contribution in [0.25, 0.3) is 6.08 Å². The third-order valence-electron chi connectivity index (χ3n) is 4.68. The number of nitrogens with zero attached hydrogens (tertiary/aromatic N) is 2. The molecule has 3 aromatic rings. The van der Waals surface area contributed by atoms with E-state index in [0.717, 1.165) is 34.6 Å². The molecule has 3 rings (SSSR count). The van der Waals surface area contributed by atoms with Gasteiger partial charge in [0.15, 0.2) is 0 Å². The summed E-state index contributed by atoms with van der Waals surface area (Å²) < 4.78 is 10.6. The Morgan fingerprint density at radius 2 is 1.90 bits per heavy atom. The zero-order chi connectivity index (χ0) is 22.2. The first-order valence-corrected chi connectivity index (χ1v) is 9.92. The number of hydrogen-bond acceptors (Lipinski definition) is 6. The van der Waals surface area contributed by atoms with E-state index in [2.05, 4.69) is 20.6 Å². The van der Waals surface area contributed by atoms with Crippen LogP contribution in [0.1, 0.15) is 23.7 Å². The van der Waals surface area contributed by atoms with E-state index in [1.165, 1.54) is 12.4 Å².